The summed E-state index contributed by atoms with van der Waals surface area (Å²) in [4.78, 5) is 0. The van der Waals surface area contributed by atoms with Crippen molar-refractivity contribution >= 4 is 0 Å². The average Bonchev–Trinajstić information content (AvgIpc) is 3.13. The Morgan fingerprint density at radius 1 is 0.857 bits per heavy atom. The summed E-state index contributed by atoms with van der Waals surface area (Å²) < 4.78 is 0. The summed E-state index contributed by atoms with van der Waals surface area (Å²) in [6.45, 7) is 11.5. The first-order chi connectivity index (χ1) is 9.95. The maximum atomic E-state index is 2.79. The highest BCUT2D eigenvalue weighted by atomic mass is 16.1. The molecule has 0 aromatic rings. The molecule has 8 aliphatic rings. The third-order valence-corrected chi connectivity index (χ3v) is 9.98. The van der Waals surface area contributed by atoms with Gasteiger partial charge in [-0.3, -0.25) is 0 Å². The van der Waals surface area contributed by atoms with Crippen LogP contribution in [0.5, 0.6) is 0 Å². The topological polar surface area (TPSA) is 13.0 Å². The zero-order chi connectivity index (χ0) is 14.1. The van der Waals surface area contributed by atoms with Gasteiger partial charge in [0.25, 0.3) is 0 Å². The van der Waals surface area contributed by atoms with Crippen LogP contribution in [0.3, 0.4) is 0 Å². The molecule has 5 heterocycles. The number of rotatable bonds is 0. The summed E-state index contributed by atoms with van der Waals surface area (Å²) in [6.07, 6.45) is 4.50. The Labute approximate surface area is 126 Å². The van der Waals surface area contributed by atoms with Crippen LogP contribution in [0.4, 0.5) is 0 Å². The SMILES string of the molecule is CC12C3C4C5CCCC5C5C3C(C)(N3N5N4CN31)C2(C)C. The van der Waals surface area contributed by atoms with E-state index in [-0.39, 0.29) is 0 Å². The minimum atomic E-state index is 0.355. The largest absolute Gasteiger partial charge is 0.207 e. The molecule has 6 bridgehead atoms. The van der Waals surface area contributed by atoms with Crippen molar-refractivity contribution in [2.24, 2.45) is 29.1 Å². The molecule has 0 aromatic heterocycles. The molecule has 4 nitrogen and oxygen atoms in total. The summed E-state index contributed by atoms with van der Waals surface area (Å²) in [5, 5.41) is 11.1. The van der Waals surface area contributed by atoms with Crippen molar-refractivity contribution in [1.29, 1.82) is 0 Å². The van der Waals surface area contributed by atoms with Gasteiger partial charge in [0.1, 0.15) is 0 Å². The lowest BCUT2D eigenvalue weighted by molar-refractivity contribution is -0.245. The fourth-order valence-corrected chi connectivity index (χ4v) is 8.95. The van der Waals surface area contributed by atoms with Crippen LogP contribution in [-0.4, -0.2) is 50.1 Å². The van der Waals surface area contributed by atoms with Crippen LogP contribution in [-0.2, 0) is 0 Å². The second kappa shape index (κ2) is 2.62. The predicted molar refractivity (Wildman–Crippen MR) is 78.2 cm³/mol. The summed E-state index contributed by atoms with van der Waals surface area (Å²) in [6, 6.07) is 1.67. The molecule has 21 heavy (non-hydrogen) atoms. The van der Waals surface area contributed by atoms with Gasteiger partial charge in [0.05, 0.1) is 18.2 Å². The van der Waals surface area contributed by atoms with E-state index < -0.39 is 0 Å². The van der Waals surface area contributed by atoms with Crippen molar-refractivity contribution in [3.63, 3.8) is 0 Å². The van der Waals surface area contributed by atoms with Gasteiger partial charge in [0.2, 0.25) is 0 Å². The molecule has 8 atom stereocenters. The minimum absolute atomic E-state index is 0.355. The molecular weight excluding hydrogens is 260 g/mol. The lowest BCUT2D eigenvalue weighted by Crippen LogP contribution is -2.75. The van der Waals surface area contributed by atoms with Crippen molar-refractivity contribution in [1.82, 2.24) is 20.3 Å². The smallest absolute Gasteiger partial charge is 0.0824 e. The molecule has 0 radical (unpaired) electrons. The van der Waals surface area contributed by atoms with Crippen LogP contribution in [0, 0.1) is 29.1 Å². The monoisotopic (exact) mass is 286 g/mol. The standard InChI is InChI=1S/C17H26N4/c1-15(2)16(3)11-12-14-10-7-5-6-9(10)13(11)18-8-19(16)21(20(14)18)17(12,15)4/h9-14H,5-8H2,1-4H3. The number of fused-ring (bicyclic) bond motifs is 2. The zero-order valence-electron chi connectivity index (χ0n) is 13.6. The van der Waals surface area contributed by atoms with Gasteiger partial charge in [-0.25, -0.2) is 10.0 Å². The Balaban J connectivity index is 1.60. The Hall–Kier alpha value is -0.160. The third kappa shape index (κ3) is 0.687. The maximum absolute atomic E-state index is 2.79. The molecule has 0 spiro atoms. The van der Waals surface area contributed by atoms with E-state index in [4.69, 9.17) is 0 Å². The first kappa shape index (κ1) is 11.4. The highest BCUT2D eigenvalue weighted by Gasteiger charge is 2.93. The molecule has 0 amide bonds. The number of nitrogens with zero attached hydrogens (tertiary/aromatic N) is 4. The Morgan fingerprint density at radius 3 is 2.29 bits per heavy atom. The Kier molecular flexibility index (Phi) is 1.42. The minimum Gasteiger partial charge on any atom is -0.207 e. The van der Waals surface area contributed by atoms with Crippen LogP contribution in [0.1, 0.15) is 47.0 Å². The number of hydrogen-bond acceptors (Lipinski definition) is 4. The second-order valence-corrected chi connectivity index (χ2v) is 9.80. The summed E-state index contributed by atoms with van der Waals surface area (Å²) >= 11 is 0. The van der Waals surface area contributed by atoms with E-state index in [1.54, 1.807) is 0 Å². The molecule has 8 fully saturated rings. The molecule has 8 rings (SSSR count). The van der Waals surface area contributed by atoms with Crippen molar-refractivity contribution in [2.45, 2.75) is 70.1 Å². The molecule has 114 valence electrons. The van der Waals surface area contributed by atoms with E-state index in [0.717, 1.165) is 35.8 Å². The van der Waals surface area contributed by atoms with E-state index in [9.17, 15) is 0 Å². The highest BCUT2D eigenvalue weighted by Crippen LogP contribution is 2.82. The summed E-state index contributed by atoms with van der Waals surface area (Å²) in [7, 11) is 0. The summed E-state index contributed by atoms with van der Waals surface area (Å²) in [5.41, 5.74) is 1.13. The van der Waals surface area contributed by atoms with Crippen LogP contribution in [0.25, 0.3) is 0 Å². The lowest BCUT2D eigenvalue weighted by Gasteiger charge is -2.63. The normalized spacial score (nSPS) is 69.1. The predicted octanol–water partition coefficient (Wildman–Crippen LogP) is 1.91. The molecule has 8 unspecified atom stereocenters. The average molecular weight is 286 g/mol. The van der Waals surface area contributed by atoms with Gasteiger partial charge in [-0.05, 0) is 38.5 Å². The van der Waals surface area contributed by atoms with Crippen LogP contribution in [0.15, 0.2) is 0 Å². The molecular formula is C17H26N4. The van der Waals surface area contributed by atoms with E-state index in [1.165, 1.54) is 25.9 Å². The first-order valence-electron chi connectivity index (χ1n) is 9.09. The van der Waals surface area contributed by atoms with Crippen LogP contribution < -0.4 is 0 Å². The van der Waals surface area contributed by atoms with Crippen LogP contribution >= 0.6 is 0 Å². The van der Waals surface area contributed by atoms with E-state index in [1.807, 2.05) is 0 Å². The molecule has 4 heteroatoms. The number of hydrazine groups is 3. The van der Waals surface area contributed by atoms with Gasteiger partial charge in [0.15, 0.2) is 0 Å². The molecule has 0 N–H and O–H groups in total. The van der Waals surface area contributed by atoms with Gasteiger partial charge in [-0.2, -0.15) is 10.2 Å². The number of hydrogen-bond donors (Lipinski definition) is 0. The first-order valence-corrected chi connectivity index (χ1v) is 9.09. The van der Waals surface area contributed by atoms with Crippen LogP contribution in [0.2, 0.25) is 0 Å². The van der Waals surface area contributed by atoms with Crippen molar-refractivity contribution in [2.75, 3.05) is 6.67 Å². The maximum Gasteiger partial charge on any atom is 0.0824 e. The molecule has 3 saturated carbocycles. The van der Waals surface area contributed by atoms with Gasteiger partial charge in [-0.15, -0.1) is 0 Å². The fourth-order valence-electron chi connectivity index (χ4n) is 8.95. The van der Waals surface area contributed by atoms with Crippen molar-refractivity contribution in [3.8, 4) is 0 Å². The van der Waals surface area contributed by atoms with Gasteiger partial charge < -0.3 is 0 Å². The molecule has 3 aliphatic carbocycles. The molecule has 0 aromatic carbocycles. The quantitative estimate of drug-likeness (QED) is 0.674. The van der Waals surface area contributed by atoms with E-state index in [0.29, 0.717) is 16.5 Å². The molecule has 5 aliphatic heterocycles. The zero-order valence-corrected chi connectivity index (χ0v) is 13.6. The molecule has 5 saturated heterocycles. The Bertz CT molecular complexity index is 590. The van der Waals surface area contributed by atoms with E-state index in [2.05, 4.69) is 47.9 Å². The van der Waals surface area contributed by atoms with E-state index >= 15 is 0 Å². The third-order valence-electron chi connectivity index (χ3n) is 9.98. The van der Waals surface area contributed by atoms with Gasteiger partial charge >= 0.3 is 0 Å². The second-order valence-electron chi connectivity index (χ2n) is 9.80. The fraction of sp³-hybridized carbons (Fsp3) is 1.00. The highest BCUT2D eigenvalue weighted by molar-refractivity contribution is 5.39. The van der Waals surface area contributed by atoms with Crippen molar-refractivity contribution in [3.05, 3.63) is 0 Å². The van der Waals surface area contributed by atoms with Crippen molar-refractivity contribution < 1.29 is 0 Å². The Morgan fingerprint density at radius 2 is 1.52 bits per heavy atom. The van der Waals surface area contributed by atoms with Gasteiger partial charge in [0, 0.05) is 28.8 Å². The van der Waals surface area contributed by atoms with Gasteiger partial charge in [-0.1, -0.05) is 20.3 Å². The lowest BCUT2D eigenvalue weighted by atomic mass is 9.57. The summed E-state index contributed by atoms with van der Waals surface area (Å²) in [5.74, 6) is 3.82.